The zero-order chi connectivity index (χ0) is 69.5. The summed E-state index contributed by atoms with van der Waals surface area (Å²) in [6.45, 7) is 30.0. The Bertz CT molecular complexity index is 3210. The van der Waals surface area contributed by atoms with E-state index in [0.717, 1.165) is 44.9 Å². The van der Waals surface area contributed by atoms with Gasteiger partial charge in [-0.15, -0.1) is 13.2 Å². The van der Waals surface area contributed by atoms with E-state index >= 15 is 0 Å². The molecule has 508 valence electrons. The Balaban J connectivity index is 0.000000330. The van der Waals surface area contributed by atoms with Crippen molar-refractivity contribution in [1.82, 2.24) is 10.6 Å². The van der Waals surface area contributed by atoms with E-state index in [9.17, 15) is 39.6 Å². The second-order valence-electron chi connectivity index (χ2n) is 27.0. The molecule has 6 aromatic carbocycles. The molecule has 2 amide bonds. The fourth-order valence-electron chi connectivity index (χ4n) is 9.39. The van der Waals surface area contributed by atoms with Gasteiger partial charge in [0.2, 0.25) is 0 Å². The number of ether oxygens (including phenoxy) is 4. The van der Waals surface area contributed by atoms with Crippen LogP contribution in [0, 0.1) is 11.8 Å². The first-order valence-electron chi connectivity index (χ1n) is 31.9. The molecule has 0 unspecified atom stereocenters. The van der Waals surface area contributed by atoms with Crippen LogP contribution in [0.25, 0.3) is 0 Å². The van der Waals surface area contributed by atoms with E-state index in [0.29, 0.717) is 43.6 Å². The molecule has 6 rings (SSSR count). The number of carbonyl (C=O) groups excluding carboxylic acids is 4. The zero-order valence-electron chi connectivity index (χ0n) is 57.0. The number of thioether (sulfide) groups is 2. The monoisotopic (exact) mass is 1320 g/mol. The van der Waals surface area contributed by atoms with E-state index in [1.54, 1.807) is 20.8 Å². The molecule has 6 aromatic rings. The van der Waals surface area contributed by atoms with Crippen molar-refractivity contribution in [3.63, 3.8) is 0 Å². The molecule has 8 atom stereocenters. The van der Waals surface area contributed by atoms with E-state index in [2.05, 4.69) is 23.8 Å². The molecule has 0 bridgehead atoms. The number of nitrogens with one attached hydrogen (secondary N) is 2. The summed E-state index contributed by atoms with van der Waals surface area (Å²) in [5, 5.41) is 47.8. The van der Waals surface area contributed by atoms with Gasteiger partial charge in [-0.2, -0.15) is 0 Å². The number of aliphatic hydroxyl groups is 4. The summed E-state index contributed by atoms with van der Waals surface area (Å²) < 4.78 is 22.5. The smallest absolute Gasteiger partial charge is 0.407 e. The van der Waals surface area contributed by atoms with Gasteiger partial charge in [-0.1, -0.05) is 193 Å². The molecular weight excluding hydrogens is 1220 g/mol. The van der Waals surface area contributed by atoms with E-state index in [1.807, 2.05) is 232 Å². The predicted molar refractivity (Wildman–Crippen MR) is 383 cm³/mol. The Hall–Kier alpha value is -7.44. The lowest BCUT2D eigenvalue weighted by molar-refractivity contribution is -0.117. The minimum atomic E-state index is -1.11. The second kappa shape index (κ2) is 39.4. The first-order chi connectivity index (χ1) is 44.2. The topological polar surface area (TPSA) is 210 Å². The third-order valence-electron chi connectivity index (χ3n) is 13.7. The largest absolute Gasteiger partial charge is 0.488 e. The third-order valence-corrected chi connectivity index (χ3v) is 15.8. The van der Waals surface area contributed by atoms with Crippen molar-refractivity contribution in [2.45, 2.75) is 192 Å². The molecule has 0 saturated heterocycles. The van der Waals surface area contributed by atoms with E-state index in [-0.39, 0.29) is 33.9 Å². The average Bonchev–Trinajstić information content (AvgIpc) is 1.07. The minimum absolute atomic E-state index is 0.0000983. The van der Waals surface area contributed by atoms with Gasteiger partial charge >= 0.3 is 12.2 Å². The van der Waals surface area contributed by atoms with Crippen molar-refractivity contribution in [3.8, 4) is 11.5 Å². The predicted octanol–water partition coefficient (Wildman–Crippen LogP) is 15.4. The van der Waals surface area contributed by atoms with E-state index < -0.39 is 65.7 Å². The number of hydrogen-bond donors (Lipinski definition) is 6. The molecule has 0 fully saturated rings. The van der Waals surface area contributed by atoms with Crippen molar-refractivity contribution in [2.75, 3.05) is 0 Å². The van der Waals surface area contributed by atoms with Gasteiger partial charge in [0, 0.05) is 23.6 Å². The van der Waals surface area contributed by atoms with E-state index in [1.165, 1.54) is 47.8 Å². The second-order valence-corrected chi connectivity index (χ2v) is 29.0. The number of benzene rings is 6. The Morgan fingerprint density at radius 1 is 0.404 bits per heavy atom. The molecule has 16 heteroatoms. The van der Waals surface area contributed by atoms with Crippen molar-refractivity contribution in [1.29, 1.82) is 0 Å². The Kier molecular flexibility index (Phi) is 33.1. The third kappa shape index (κ3) is 34.1. The molecular formula is C78H102N2O12S2. The van der Waals surface area contributed by atoms with Gasteiger partial charge in [-0.3, -0.25) is 9.59 Å². The maximum absolute atomic E-state index is 13.4. The molecule has 0 aliphatic heterocycles. The number of aliphatic hydroxyl groups excluding tert-OH is 4. The maximum Gasteiger partial charge on any atom is 0.407 e. The Morgan fingerprint density at radius 2 is 0.723 bits per heavy atom. The van der Waals surface area contributed by atoms with Gasteiger partial charge in [-0.05, 0) is 179 Å². The van der Waals surface area contributed by atoms with Crippen LogP contribution < -0.4 is 20.1 Å². The van der Waals surface area contributed by atoms with Crippen LogP contribution in [0.3, 0.4) is 0 Å². The number of hydrogen-bond acceptors (Lipinski definition) is 14. The number of alkyl carbamates (subject to hydrolysis) is 2. The molecule has 0 radical (unpaired) electrons. The van der Waals surface area contributed by atoms with Crippen LogP contribution >= 0.6 is 23.5 Å². The molecule has 0 heterocycles. The molecule has 6 N–H and O–H groups in total. The standard InChI is InChI=1S/C38H49NO6S.C21H33NO4.C19H20O2S/c1-37(2,3)44-32-20-17-28(18-21-32)23-30(39-36(43)45-38(4,5)6)25-31(40)19-22-34(41)33(24-27-13-9-7-10-14-27)35(42)46-26-29-15-11-8-12-16-29;1-8-17(23)14-16(22-19(24)26-21(5,6)7)13-15-9-11-18(12-10-15)25-20(2,3)4;1-2-18(20)17(13-15-9-5-3-6-10-15)19(21)22-14-16-11-7-4-8-12-16/h7-22,30-31,33-34,40-41H,23-26H2,1-6H3,(H,39,43);8-12,16-17,23H,1,13-14H2,2-7H3,(H,22,24);2-12,17-18,20H,1,13-14H2/b22-19+;;/t30-,31+,33-,34+;16-,17+;17-,18+/m000/s1. The normalized spacial score (nSPS) is 14.3. The van der Waals surface area contributed by atoms with Gasteiger partial charge in [0.1, 0.15) is 33.9 Å². The molecule has 0 spiro atoms. The van der Waals surface area contributed by atoms with Gasteiger partial charge in [0.25, 0.3) is 0 Å². The molecule has 0 aromatic heterocycles. The Labute approximate surface area is 568 Å². The zero-order valence-corrected chi connectivity index (χ0v) is 58.7. The Morgan fingerprint density at radius 3 is 1.04 bits per heavy atom. The summed E-state index contributed by atoms with van der Waals surface area (Å²) in [6, 6.07) is 53.6. The first kappa shape index (κ1) is 79.0. The highest BCUT2D eigenvalue weighted by atomic mass is 32.2. The molecule has 0 saturated carbocycles. The average molecular weight is 1320 g/mol. The maximum atomic E-state index is 13.4. The summed E-state index contributed by atoms with van der Waals surface area (Å²) in [7, 11) is 0. The lowest BCUT2D eigenvalue weighted by atomic mass is 9.94. The van der Waals surface area contributed by atoms with Crippen LogP contribution in [0.2, 0.25) is 0 Å². The van der Waals surface area contributed by atoms with Crippen LogP contribution in [0.4, 0.5) is 9.59 Å². The lowest BCUT2D eigenvalue weighted by Gasteiger charge is -2.25. The quantitative estimate of drug-likeness (QED) is 0.0253. The number of amides is 2. The van der Waals surface area contributed by atoms with Crippen LogP contribution in [0.15, 0.2) is 207 Å². The highest BCUT2D eigenvalue weighted by Crippen LogP contribution is 2.27. The number of rotatable bonds is 28. The molecule has 0 aliphatic rings. The van der Waals surface area contributed by atoms with Gasteiger partial charge in [0.05, 0.1) is 36.3 Å². The fraction of sp³-hybridized carbons (Fsp3) is 0.410. The number of carbonyl (C=O) groups is 4. The summed E-state index contributed by atoms with van der Waals surface area (Å²) in [5.41, 5.74) is 4.26. The molecule has 0 aliphatic carbocycles. The van der Waals surface area contributed by atoms with Crippen LogP contribution in [-0.2, 0) is 56.3 Å². The first-order valence-corrected chi connectivity index (χ1v) is 33.9. The van der Waals surface area contributed by atoms with Gasteiger partial charge < -0.3 is 50.0 Å². The van der Waals surface area contributed by atoms with Gasteiger partial charge in [0.15, 0.2) is 10.2 Å². The van der Waals surface area contributed by atoms with Crippen molar-refractivity contribution >= 4 is 45.9 Å². The van der Waals surface area contributed by atoms with Crippen LogP contribution in [0.1, 0.15) is 129 Å². The van der Waals surface area contributed by atoms with Crippen LogP contribution in [-0.4, -0.2) is 102 Å². The highest BCUT2D eigenvalue weighted by Gasteiger charge is 2.29. The van der Waals surface area contributed by atoms with Crippen molar-refractivity contribution < 1.29 is 58.6 Å². The van der Waals surface area contributed by atoms with Crippen molar-refractivity contribution in [2.24, 2.45) is 11.8 Å². The summed E-state index contributed by atoms with van der Waals surface area (Å²) >= 11 is 2.43. The fourth-order valence-corrected chi connectivity index (χ4v) is 11.3. The van der Waals surface area contributed by atoms with Gasteiger partial charge in [-0.25, -0.2) is 9.59 Å². The summed E-state index contributed by atoms with van der Waals surface area (Å²) in [6.07, 6.45) is 3.62. The van der Waals surface area contributed by atoms with Crippen molar-refractivity contribution in [3.05, 3.63) is 241 Å². The molecule has 14 nitrogen and oxygen atoms in total. The summed E-state index contributed by atoms with van der Waals surface area (Å²) in [4.78, 5) is 50.6. The van der Waals surface area contributed by atoms with Crippen LogP contribution in [0.5, 0.6) is 11.5 Å². The summed E-state index contributed by atoms with van der Waals surface area (Å²) in [5.74, 6) is 1.49. The lowest BCUT2D eigenvalue weighted by Crippen LogP contribution is -2.41. The minimum Gasteiger partial charge on any atom is -0.488 e. The highest BCUT2D eigenvalue weighted by molar-refractivity contribution is 8.13. The van der Waals surface area contributed by atoms with E-state index in [4.69, 9.17) is 18.9 Å². The SMILES string of the molecule is C=C[C@@H](O)C[C@H](Cc1ccc(OC(C)(C)C)cc1)NC(=O)OC(C)(C)C.C=C[C@@H](O)[C@H](Cc1ccccc1)C(=O)SCc1ccccc1.CC(C)(C)OC(=O)N[C@@H](Cc1ccc(OC(C)(C)C)cc1)C[C@H](O)/C=C/[C@@H](O)[C@H](Cc1ccccc1)C(=O)SCc1ccccc1. The molecule has 94 heavy (non-hydrogen) atoms.